The average Bonchev–Trinajstić information content (AvgIpc) is 3.00. The van der Waals surface area contributed by atoms with Crippen LogP contribution in [0.4, 0.5) is 10.2 Å². The van der Waals surface area contributed by atoms with Crippen LogP contribution in [0.2, 0.25) is 0 Å². The van der Waals surface area contributed by atoms with E-state index in [-0.39, 0.29) is 17.6 Å². The molecule has 0 bridgehead atoms. The number of nitrogens with one attached hydrogen (secondary N) is 1. The number of nitrogens with two attached hydrogens (primary N) is 1. The molecule has 2 rings (SSSR count). The molecule has 1 aliphatic carbocycles. The molecule has 0 aromatic carbocycles. The predicted molar refractivity (Wildman–Crippen MR) is 58.1 cm³/mol. The Hall–Kier alpha value is -1.49. The number of carbonyl (C=O) groups is 1. The lowest BCUT2D eigenvalue weighted by Crippen LogP contribution is -2.50. The van der Waals surface area contributed by atoms with Crippen molar-refractivity contribution in [3.8, 4) is 0 Å². The molecule has 16 heavy (non-hydrogen) atoms. The van der Waals surface area contributed by atoms with Crippen LogP contribution in [-0.4, -0.2) is 16.4 Å². The standard InChI is InChI=1S/C11H14FN3O/c1-11(13,7-5-6-7)10(16)15-9-4-2-3-8(12)14-9/h2-4,7H,5-6,13H2,1H3,(H,14,15,16). The van der Waals surface area contributed by atoms with Crippen LogP contribution in [-0.2, 0) is 4.79 Å². The maximum atomic E-state index is 12.8. The molecule has 1 unspecified atom stereocenters. The van der Waals surface area contributed by atoms with Crippen LogP contribution in [0.5, 0.6) is 0 Å². The Morgan fingerprint density at radius 1 is 1.62 bits per heavy atom. The molecule has 0 aliphatic heterocycles. The van der Waals surface area contributed by atoms with Crippen LogP contribution in [0.15, 0.2) is 18.2 Å². The van der Waals surface area contributed by atoms with E-state index >= 15 is 0 Å². The minimum atomic E-state index is -0.895. The third-order valence-corrected chi connectivity index (χ3v) is 2.87. The fourth-order valence-electron chi connectivity index (χ4n) is 1.60. The quantitative estimate of drug-likeness (QED) is 0.758. The summed E-state index contributed by atoms with van der Waals surface area (Å²) in [5.41, 5.74) is 5.02. The average molecular weight is 223 g/mol. The number of anilines is 1. The van der Waals surface area contributed by atoms with Crippen molar-refractivity contribution in [2.75, 3.05) is 5.32 Å². The first-order valence-corrected chi connectivity index (χ1v) is 5.23. The fraction of sp³-hybridized carbons (Fsp3) is 0.455. The Balaban J connectivity index is 2.07. The van der Waals surface area contributed by atoms with Gasteiger partial charge in [0, 0.05) is 0 Å². The van der Waals surface area contributed by atoms with Crippen LogP contribution in [0, 0.1) is 11.9 Å². The summed E-state index contributed by atoms with van der Waals surface area (Å²) in [5.74, 6) is -0.514. The molecule has 1 aromatic heterocycles. The number of halogens is 1. The Labute approximate surface area is 93.1 Å². The highest BCUT2D eigenvalue weighted by molar-refractivity contribution is 5.97. The van der Waals surface area contributed by atoms with Crippen LogP contribution in [0.1, 0.15) is 19.8 Å². The zero-order chi connectivity index (χ0) is 11.8. The van der Waals surface area contributed by atoms with Gasteiger partial charge >= 0.3 is 0 Å². The van der Waals surface area contributed by atoms with Crippen LogP contribution >= 0.6 is 0 Å². The first-order chi connectivity index (χ1) is 7.50. The van der Waals surface area contributed by atoms with Crippen LogP contribution in [0.3, 0.4) is 0 Å². The molecule has 1 saturated carbocycles. The van der Waals surface area contributed by atoms with E-state index in [1.54, 1.807) is 6.92 Å². The van der Waals surface area contributed by atoms with Crippen molar-refractivity contribution in [2.24, 2.45) is 11.7 Å². The molecular formula is C11H14FN3O. The smallest absolute Gasteiger partial charge is 0.245 e. The van der Waals surface area contributed by atoms with Crippen molar-refractivity contribution in [2.45, 2.75) is 25.3 Å². The third kappa shape index (κ3) is 2.19. The molecule has 86 valence electrons. The van der Waals surface area contributed by atoms with Crippen LogP contribution < -0.4 is 11.1 Å². The predicted octanol–water partition coefficient (Wildman–Crippen LogP) is 1.29. The van der Waals surface area contributed by atoms with Crippen molar-refractivity contribution < 1.29 is 9.18 Å². The van der Waals surface area contributed by atoms with Gasteiger partial charge in [-0.3, -0.25) is 4.79 Å². The zero-order valence-corrected chi connectivity index (χ0v) is 9.03. The van der Waals surface area contributed by atoms with E-state index in [2.05, 4.69) is 10.3 Å². The Kier molecular flexibility index (Phi) is 2.63. The zero-order valence-electron chi connectivity index (χ0n) is 9.03. The lowest BCUT2D eigenvalue weighted by molar-refractivity contribution is -0.121. The summed E-state index contributed by atoms with van der Waals surface area (Å²) in [6.45, 7) is 1.69. The highest BCUT2D eigenvalue weighted by Gasteiger charge is 2.44. The maximum Gasteiger partial charge on any atom is 0.245 e. The number of hydrogen-bond acceptors (Lipinski definition) is 3. The number of rotatable bonds is 3. The van der Waals surface area contributed by atoms with Gasteiger partial charge in [-0.2, -0.15) is 4.39 Å². The van der Waals surface area contributed by atoms with Gasteiger partial charge in [0.15, 0.2) is 0 Å². The van der Waals surface area contributed by atoms with E-state index < -0.39 is 11.5 Å². The number of amides is 1. The molecule has 3 N–H and O–H groups in total. The van der Waals surface area contributed by atoms with Gasteiger partial charge in [0.2, 0.25) is 11.9 Å². The van der Waals surface area contributed by atoms with E-state index in [4.69, 9.17) is 5.73 Å². The molecular weight excluding hydrogens is 209 g/mol. The topological polar surface area (TPSA) is 68.0 Å². The van der Waals surface area contributed by atoms with Gasteiger partial charge in [-0.25, -0.2) is 4.98 Å². The van der Waals surface area contributed by atoms with E-state index in [1.165, 1.54) is 18.2 Å². The molecule has 0 spiro atoms. The molecule has 1 aromatic rings. The molecule has 0 saturated heterocycles. The van der Waals surface area contributed by atoms with E-state index in [1.807, 2.05) is 0 Å². The molecule has 1 fully saturated rings. The molecule has 1 amide bonds. The minimum absolute atomic E-state index is 0.197. The van der Waals surface area contributed by atoms with Gasteiger partial charge < -0.3 is 11.1 Å². The lowest BCUT2D eigenvalue weighted by Gasteiger charge is -2.22. The summed E-state index contributed by atoms with van der Waals surface area (Å²) in [6, 6.07) is 4.24. The van der Waals surface area contributed by atoms with Gasteiger partial charge in [0.25, 0.3) is 0 Å². The Bertz CT molecular complexity index is 415. The minimum Gasteiger partial charge on any atom is -0.317 e. The highest BCUT2D eigenvalue weighted by Crippen LogP contribution is 2.38. The molecule has 4 nitrogen and oxygen atoms in total. The van der Waals surface area contributed by atoms with Crippen molar-refractivity contribution >= 4 is 11.7 Å². The number of carbonyl (C=O) groups excluding carboxylic acids is 1. The van der Waals surface area contributed by atoms with Gasteiger partial charge in [0.1, 0.15) is 5.82 Å². The van der Waals surface area contributed by atoms with E-state index in [0.29, 0.717) is 0 Å². The normalized spacial score (nSPS) is 18.9. The van der Waals surface area contributed by atoms with Crippen molar-refractivity contribution in [1.29, 1.82) is 0 Å². The molecule has 0 radical (unpaired) electrons. The van der Waals surface area contributed by atoms with Crippen LogP contribution in [0.25, 0.3) is 0 Å². The van der Waals surface area contributed by atoms with Crippen molar-refractivity contribution in [3.63, 3.8) is 0 Å². The fourth-order valence-corrected chi connectivity index (χ4v) is 1.60. The van der Waals surface area contributed by atoms with Gasteiger partial charge in [-0.1, -0.05) is 6.07 Å². The molecule has 1 aliphatic rings. The van der Waals surface area contributed by atoms with Gasteiger partial charge in [-0.15, -0.1) is 0 Å². The molecule has 1 heterocycles. The SMILES string of the molecule is CC(N)(C(=O)Nc1cccc(F)n1)C1CC1. The maximum absolute atomic E-state index is 12.8. The second kappa shape index (κ2) is 3.83. The monoisotopic (exact) mass is 223 g/mol. The summed E-state index contributed by atoms with van der Waals surface area (Å²) in [7, 11) is 0. The summed E-state index contributed by atoms with van der Waals surface area (Å²) >= 11 is 0. The summed E-state index contributed by atoms with van der Waals surface area (Å²) in [4.78, 5) is 15.4. The van der Waals surface area contributed by atoms with E-state index in [0.717, 1.165) is 12.8 Å². The molecule has 5 heteroatoms. The second-order valence-corrected chi connectivity index (χ2v) is 4.36. The van der Waals surface area contributed by atoms with E-state index in [9.17, 15) is 9.18 Å². The van der Waals surface area contributed by atoms with Crippen molar-refractivity contribution in [3.05, 3.63) is 24.1 Å². The Morgan fingerprint density at radius 2 is 2.31 bits per heavy atom. The number of aromatic nitrogens is 1. The van der Waals surface area contributed by atoms with Gasteiger partial charge in [-0.05, 0) is 37.8 Å². The Morgan fingerprint density at radius 3 is 2.88 bits per heavy atom. The first kappa shape index (κ1) is 11.0. The summed E-state index contributed by atoms with van der Waals surface area (Å²) in [5, 5.41) is 2.53. The second-order valence-electron chi connectivity index (χ2n) is 4.36. The molecule has 1 atom stereocenters. The number of nitrogens with zero attached hydrogens (tertiary/aromatic N) is 1. The first-order valence-electron chi connectivity index (χ1n) is 5.23. The lowest BCUT2D eigenvalue weighted by atomic mass is 9.96. The third-order valence-electron chi connectivity index (χ3n) is 2.87. The number of pyridine rings is 1. The summed E-state index contributed by atoms with van der Waals surface area (Å²) < 4.78 is 12.8. The van der Waals surface area contributed by atoms with Gasteiger partial charge in [0.05, 0.1) is 5.54 Å². The largest absolute Gasteiger partial charge is 0.317 e. The summed E-state index contributed by atoms with van der Waals surface area (Å²) in [6.07, 6.45) is 1.94. The number of hydrogen-bond donors (Lipinski definition) is 2. The highest BCUT2D eigenvalue weighted by atomic mass is 19.1. The van der Waals surface area contributed by atoms with Crippen molar-refractivity contribution in [1.82, 2.24) is 4.98 Å².